The molecule has 3 aromatic rings. The molecule has 0 atom stereocenters. The van der Waals surface area contributed by atoms with E-state index in [0.29, 0.717) is 11.7 Å². The predicted molar refractivity (Wildman–Crippen MR) is 112 cm³/mol. The number of nitrogens with zero attached hydrogens (tertiary/aromatic N) is 4. The first kappa shape index (κ1) is 21.1. The van der Waals surface area contributed by atoms with Crippen LogP contribution in [0.25, 0.3) is 17.5 Å². The van der Waals surface area contributed by atoms with Crippen LogP contribution in [0, 0.1) is 31.1 Å². The molecule has 0 saturated carbocycles. The minimum Gasteiger partial charge on any atom is -0.451 e. The Morgan fingerprint density at radius 3 is 2.70 bits per heavy atom. The second-order valence-corrected chi connectivity index (χ2v) is 7.45. The smallest absolute Gasteiger partial charge is 0.349 e. The number of hydrogen-bond acceptors (Lipinski definition) is 6. The fraction of sp³-hybridized carbons (Fsp3) is 0.304. The summed E-state index contributed by atoms with van der Waals surface area (Å²) in [6.45, 7) is 8.95. The Morgan fingerprint density at radius 2 is 2.03 bits per heavy atom. The summed E-state index contributed by atoms with van der Waals surface area (Å²) in [4.78, 5) is 16.6. The van der Waals surface area contributed by atoms with Crippen molar-refractivity contribution in [2.45, 2.75) is 40.8 Å². The summed E-state index contributed by atoms with van der Waals surface area (Å²) < 4.78 is 12.5. The third kappa shape index (κ3) is 4.84. The third-order valence-electron chi connectivity index (χ3n) is 4.63. The molecule has 0 saturated heterocycles. The third-order valence-corrected chi connectivity index (χ3v) is 4.63. The molecule has 0 aliphatic carbocycles. The quantitative estimate of drug-likeness (QED) is 0.328. The fourth-order valence-electron chi connectivity index (χ4n) is 3.14. The van der Waals surface area contributed by atoms with E-state index in [-0.39, 0.29) is 18.1 Å². The SMILES string of the molecule is Cc1cc(/C=C(\C#N)C(=O)OCc2nc(-c3ccccc3)no2)c(C)n1CC(C)C. The van der Waals surface area contributed by atoms with Crippen molar-refractivity contribution in [2.24, 2.45) is 5.92 Å². The van der Waals surface area contributed by atoms with Crippen molar-refractivity contribution in [2.75, 3.05) is 0 Å². The van der Waals surface area contributed by atoms with Crippen LogP contribution >= 0.6 is 0 Å². The zero-order valence-electron chi connectivity index (χ0n) is 17.5. The molecule has 0 amide bonds. The van der Waals surface area contributed by atoms with Crippen molar-refractivity contribution in [3.05, 3.63) is 64.8 Å². The number of esters is 1. The first-order valence-electron chi connectivity index (χ1n) is 9.72. The summed E-state index contributed by atoms with van der Waals surface area (Å²) in [7, 11) is 0. The lowest BCUT2D eigenvalue weighted by Crippen LogP contribution is -2.08. The van der Waals surface area contributed by atoms with Crippen molar-refractivity contribution in [1.29, 1.82) is 5.26 Å². The van der Waals surface area contributed by atoms with E-state index in [4.69, 9.17) is 9.26 Å². The second kappa shape index (κ2) is 9.23. The summed E-state index contributed by atoms with van der Waals surface area (Å²) in [5, 5.41) is 13.3. The van der Waals surface area contributed by atoms with Gasteiger partial charge in [0.05, 0.1) is 0 Å². The van der Waals surface area contributed by atoms with Crippen LogP contribution in [0.4, 0.5) is 0 Å². The highest BCUT2D eigenvalue weighted by atomic mass is 16.6. The minimum absolute atomic E-state index is 0.0809. The fourth-order valence-corrected chi connectivity index (χ4v) is 3.14. The Bertz CT molecular complexity index is 1100. The van der Waals surface area contributed by atoms with Gasteiger partial charge < -0.3 is 13.8 Å². The van der Waals surface area contributed by atoms with Crippen LogP contribution in [0.15, 0.2) is 46.5 Å². The summed E-state index contributed by atoms with van der Waals surface area (Å²) in [6.07, 6.45) is 1.56. The Balaban J connectivity index is 1.70. The number of carbonyl (C=O) groups is 1. The maximum Gasteiger partial charge on any atom is 0.349 e. The number of ether oxygens (including phenoxy) is 1. The number of carbonyl (C=O) groups excluding carboxylic acids is 1. The minimum atomic E-state index is -0.731. The number of aryl methyl sites for hydroxylation is 1. The predicted octanol–water partition coefficient (Wildman–Crippen LogP) is 4.46. The maximum absolute atomic E-state index is 12.4. The molecule has 7 heteroatoms. The zero-order valence-corrected chi connectivity index (χ0v) is 17.5. The number of aromatic nitrogens is 3. The number of nitriles is 1. The van der Waals surface area contributed by atoms with Crippen LogP contribution in [0.3, 0.4) is 0 Å². The van der Waals surface area contributed by atoms with Gasteiger partial charge in [0.15, 0.2) is 6.61 Å². The zero-order chi connectivity index (χ0) is 21.7. The summed E-state index contributed by atoms with van der Waals surface area (Å²) >= 11 is 0. The van der Waals surface area contributed by atoms with E-state index in [1.807, 2.05) is 56.3 Å². The van der Waals surface area contributed by atoms with Crippen molar-refractivity contribution in [1.82, 2.24) is 14.7 Å². The lowest BCUT2D eigenvalue weighted by atomic mass is 10.1. The molecule has 0 fully saturated rings. The molecule has 7 nitrogen and oxygen atoms in total. The average Bonchev–Trinajstić information content (AvgIpc) is 3.31. The van der Waals surface area contributed by atoms with E-state index in [9.17, 15) is 10.1 Å². The molecule has 30 heavy (non-hydrogen) atoms. The first-order chi connectivity index (χ1) is 14.4. The molecule has 2 aromatic heterocycles. The summed E-state index contributed by atoms with van der Waals surface area (Å²) in [6, 6.07) is 13.2. The first-order valence-corrected chi connectivity index (χ1v) is 9.72. The van der Waals surface area contributed by atoms with Gasteiger partial charge in [-0.25, -0.2) is 4.79 Å². The van der Waals surface area contributed by atoms with Gasteiger partial charge >= 0.3 is 5.97 Å². The van der Waals surface area contributed by atoms with Crippen LogP contribution < -0.4 is 0 Å². The molecular weight excluding hydrogens is 380 g/mol. The molecule has 3 rings (SSSR count). The lowest BCUT2D eigenvalue weighted by molar-refractivity contribution is -0.140. The molecule has 0 N–H and O–H groups in total. The summed E-state index contributed by atoms with van der Waals surface area (Å²) in [5.41, 5.74) is 3.63. The molecule has 1 aromatic carbocycles. The summed E-state index contributed by atoms with van der Waals surface area (Å²) in [5.74, 6) is 0.331. The highest BCUT2D eigenvalue weighted by Crippen LogP contribution is 2.20. The topological polar surface area (TPSA) is 93.9 Å². The Morgan fingerprint density at radius 1 is 1.30 bits per heavy atom. The second-order valence-electron chi connectivity index (χ2n) is 7.45. The van der Waals surface area contributed by atoms with Gasteiger partial charge in [-0.2, -0.15) is 10.2 Å². The van der Waals surface area contributed by atoms with E-state index in [2.05, 4.69) is 28.6 Å². The van der Waals surface area contributed by atoms with Gasteiger partial charge in [-0.1, -0.05) is 49.3 Å². The number of benzene rings is 1. The lowest BCUT2D eigenvalue weighted by Gasteiger charge is -2.12. The van der Waals surface area contributed by atoms with Crippen molar-refractivity contribution < 1.29 is 14.1 Å². The Kier molecular flexibility index (Phi) is 6.48. The molecule has 0 aliphatic rings. The van der Waals surface area contributed by atoms with Crippen molar-refractivity contribution >= 4 is 12.0 Å². The van der Waals surface area contributed by atoms with Gasteiger partial charge in [-0.15, -0.1) is 0 Å². The van der Waals surface area contributed by atoms with E-state index in [1.54, 1.807) is 6.08 Å². The molecule has 0 unspecified atom stereocenters. The van der Waals surface area contributed by atoms with Gasteiger partial charge in [0.1, 0.15) is 11.6 Å². The molecule has 0 bridgehead atoms. The largest absolute Gasteiger partial charge is 0.451 e. The van der Waals surface area contributed by atoms with E-state index < -0.39 is 5.97 Å². The molecule has 0 aliphatic heterocycles. The number of rotatable bonds is 7. The molecule has 2 heterocycles. The van der Waals surface area contributed by atoms with Gasteiger partial charge in [0.2, 0.25) is 5.82 Å². The van der Waals surface area contributed by atoms with Crippen LogP contribution in [0.5, 0.6) is 0 Å². The highest BCUT2D eigenvalue weighted by Gasteiger charge is 2.16. The average molecular weight is 404 g/mol. The van der Waals surface area contributed by atoms with Crippen LogP contribution in [0.2, 0.25) is 0 Å². The van der Waals surface area contributed by atoms with Crippen LogP contribution in [-0.4, -0.2) is 20.7 Å². The Hall–Kier alpha value is -3.66. The number of hydrogen-bond donors (Lipinski definition) is 0. The van der Waals surface area contributed by atoms with E-state index in [0.717, 1.165) is 29.1 Å². The van der Waals surface area contributed by atoms with Gasteiger partial charge in [-0.3, -0.25) is 0 Å². The standard InChI is InChI=1S/C23H24N4O3/c1-15(2)13-27-16(3)10-19(17(27)4)11-20(12-24)23(28)29-14-21-25-22(26-30-21)18-8-6-5-7-9-18/h5-11,15H,13-14H2,1-4H3/b20-11+. The van der Waals surface area contributed by atoms with E-state index >= 15 is 0 Å². The monoisotopic (exact) mass is 404 g/mol. The van der Waals surface area contributed by atoms with Gasteiger partial charge in [-0.05, 0) is 37.5 Å². The molecule has 0 radical (unpaired) electrons. The highest BCUT2D eigenvalue weighted by molar-refractivity contribution is 5.98. The molecule has 154 valence electrons. The molecular formula is C23H24N4O3. The van der Waals surface area contributed by atoms with E-state index in [1.165, 1.54) is 0 Å². The van der Waals surface area contributed by atoms with Gasteiger partial charge in [0.25, 0.3) is 5.89 Å². The van der Waals surface area contributed by atoms with Gasteiger partial charge in [0, 0.05) is 23.5 Å². The van der Waals surface area contributed by atoms with Crippen LogP contribution in [-0.2, 0) is 22.7 Å². The van der Waals surface area contributed by atoms with Crippen molar-refractivity contribution in [3.63, 3.8) is 0 Å². The Labute approximate surface area is 175 Å². The maximum atomic E-state index is 12.4. The molecule has 0 spiro atoms. The normalized spacial score (nSPS) is 11.5. The van der Waals surface area contributed by atoms with Crippen LogP contribution in [0.1, 0.15) is 36.7 Å². The van der Waals surface area contributed by atoms with Crippen molar-refractivity contribution in [3.8, 4) is 17.5 Å².